The van der Waals surface area contributed by atoms with Crippen molar-refractivity contribution in [2.75, 3.05) is 13.2 Å². The maximum atomic E-state index is 12.7. The number of fused-ring (bicyclic) bond motifs is 3. The van der Waals surface area contributed by atoms with E-state index in [-0.39, 0.29) is 6.61 Å². The first-order valence-electron chi connectivity index (χ1n) is 9.41. The van der Waals surface area contributed by atoms with Gasteiger partial charge in [-0.25, -0.2) is 4.79 Å². The first-order valence-corrected chi connectivity index (χ1v) is 9.41. The summed E-state index contributed by atoms with van der Waals surface area (Å²) in [6.07, 6.45) is 0.564. The average Bonchev–Trinajstić information content (AvgIpc) is 2.63. The molecule has 1 aromatic heterocycles. The molecule has 2 heterocycles. The maximum Gasteiger partial charge on any atom is 0.413 e. The number of hydrogen-bond donors (Lipinski definition) is 0. The number of aldehydes is 1. The molecule has 2 aromatic rings. The summed E-state index contributed by atoms with van der Waals surface area (Å²) in [6.45, 7) is 7.87. The second-order valence-corrected chi connectivity index (χ2v) is 7.78. The fourth-order valence-corrected chi connectivity index (χ4v) is 3.00. The Morgan fingerprint density at radius 1 is 1.32 bits per heavy atom. The quantitative estimate of drug-likeness (QED) is 0.574. The summed E-state index contributed by atoms with van der Waals surface area (Å²) in [5, 5.41) is 0.824. The van der Waals surface area contributed by atoms with Gasteiger partial charge in [0.25, 0.3) is 0 Å². The molecule has 150 valence electrons. The summed E-state index contributed by atoms with van der Waals surface area (Å²) in [5.41, 5.74) is 1.07. The van der Waals surface area contributed by atoms with E-state index in [1.807, 2.05) is 52.0 Å². The fraction of sp³-hybridized carbons (Fsp3) is 0.476. The monoisotopic (exact) mass is 386 g/mol. The number of aromatic nitrogens is 1. The molecule has 3 rings (SSSR count). The zero-order valence-electron chi connectivity index (χ0n) is 16.7. The van der Waals surface area contributed by atoms with E-state index < -0.39 is 17.9 Å². The van der Waals surface area contributed by atoms with Crippen LogP contribution in [0, 0.1) is 6.92 Å². The fourth-order valence-electron chi connectivity index (χ4n) is 3.00. The van der Waals surface area contributed by atoms with Crippen LogP contribution in [0.25, 0.3) is 10.9 Å². The Morgan fingerprint density at radius 3 is 2.82 bits per heavy atom. The molecule has 1 aliphatic rings. The van der Waals surface area contributed by atoms with Gasteiger partial charge in [-0.15, -0.1) is 0 Å². The lowest BCUT2D eigenvalue weighted by atomic mass is 10.1. The number of rotatable bonds is 5. The first kappa shape index (κ1) is 19.9. The highest BCUT2D eigenvalue weighted by atomic mass is 16.6. The van der Waals surface area contributed by atoms with E-state index in [1.54, 1.807) is 0 Å². The molecule has 28 heavy (non-hydrogen) atoms. The molecule has 1 unspecified atom stereocenters. The van der Waals surface area contributed by atoms with Gasteiger partial charge >= 0.3 is 6.09 Å². The van der Waals surface area contributed by atoms with Crippen LogP contribution in [0.15, 0.2) is 24.3 Å². The highest BCUT2D eigenvalue weighted by Gasteiger charge is 2.33. The summed E-state index contributed by atoms with van der Waals surface area (Å²) in [4.78, 5) is 29.4. The molecule has 1 amide bonds. The highest BCUT2D eigenvalue weighted by molar-refractivity contribution is 5.88. The molecule has 0 fully saturated rings. The smallest absolute Gasteiger partial charge is 0.413 e. The van der Waals surface area contributed by atoms with Crippen LogP contribution in [0.3, 0.4) is 0 Å². The third-order valence-corrected chi connectivity index (χ3v) is 4.26. The minimum atomic E-state index is -0.652. The summed E-state index contributed by atoms with van der Waals surface area (Å²) >= 11 is 0. The Morgan fingerprint density at radius 2 is 2.11 bits per heavy atom. The number of nitrogens with zero attached hydrogens (tertiary/aromatic N) is 2. The van der Waals surface area contributed by atoms with E-state index in [2.05, 4.69) is 4.98 Å². The molecule has 0 saturated carbocycles. The van der Waals surface area contributed by atoms with Crippen molar-refractivity contribution in [1.29, 1.82) is 0 Å². The number of carbonyl (C=O) groups is 2. The number of unbranched alkanes of at least 4 members (excludes halogenated alkanes) is 1. The van der Waals surface area contributed by atoms with Crippen molar-refractivity contribution in [2.24, 2.45) is 0 Å². The summed E-state index contributed by atoms with van der Waals surface area (Å²) < 4.78 is 17.6. The number of amides is 1. The molecule has 7 heteroatoms. The van der Waals surface area contributed by atoms with Crippen LogP contribution in [-0.4, -0.2) is 47.2 Å². The number of benzene rings is 1. The number of carbonyl (C=O) groups excluding carboxylic acids is 2. The van der Waals surface area contributed by atoms with Gasteiger partial charge < -0.3 is 19.0 Å². The maximum absolute atomic E-state index is 12.7. The van der Waals surface area contributed by atoms with Crippen LogP contribution >= 0.6 is 0 Å². The number of aryl methyl sites for hydroxylation is 1. The molecular formula is C21H26N2O5. The molecule has 0 radical (unpaired) electrons. The van der Waals surface area contributed by atoms with Crippen molar-refractivity contribution in [2.45, 2.75) is 52.4 Å². The lowest BCUT2D eigenvalue weighted by molar-refractivity contribution is -0.108. The third kappa shape index (κ3) is 4.52. The van der Waals surface area contributed by atoms with Gasteiger partial charge in [0.15, 0.2) is 11.5 Å². The Bertz CT molecular complexity index is 875. The standard InChI is InChI=1S/C21H26N2O5/c1-14-7-8-15-16(22-14)9-10-17-19(15)27-18(13-26-17)23(11-5-6-12-24)20(25)28-21(2,3)4/h7-10,12,18H,5-6,11,13H2,1-4H3. The number of ether oxygens (including phenoxy) is 3. The molecule has 1 aromatic carbocycles. The van der Waals surface area contributed by atoms with Crippen molar-refractivity contribution < 1.29 is 23.8 Å². The first-order chi connectivity index (χ1) is 13.3. The minimum Gasteiger partial charge on any atom is -0.484 e. The minimum absolute atomic E-state index is 0.179. The third-order valence-electron chi connectivity index (χ3n) is 4.26. The molecule has 0 saturated heterocycles. The van der Waals surface area contributed by atoms with Crippen LogP contribution in [0.2, 0.25) is 0 Å². The van der Waals surface area contributed by atoms with Gasteiger partial charge in [0.1, 0.15) is 18.5 Å². The molecule has 0 bridgehead atoms. The van der Waals surface area contributed by atoms with Crippen LogP contribution < -0.4 is 9.47 Å². The van der Waals surface area contributed by atoms with Crippen LogP contribution in [0.1, 0.15) is 39.3 Å². The zero-order chi connectivity index (χ0) is 20.3. The molecule has 0 spiro atoms. The van der Waals surface area contributed by atoms with Crippen LogP contribution in [0.4, 0.5) is 4.79 Å². The highest BCUT2D eigenvalue weighted by Crippen LogP contribution is 2.39. The summed E-state index contributed by atoms with van der Waals surface area (Å²) in [6, 6.07) is 7.56. The Labute approximate surface area is 164 Å². The topological polar surface area (TPSA) is 78.0 Å². The Balaban J connectivity index is 1.88. The van der Waals surface area contributed by atoms with Gasteiger partial charge in [-0.1, -0.05) is 0 Å². The predicted octanol–water partition coefficient (Wildman–Crippen LogP) is 3.86. The zero-order valence-corrected chi connectivity index (χ0v) is 16.7. The van der Waals surface area contributed by atoms with Crippen molar-refractivity contribution in [3.05, 3.63) is 30.0 Å². The van der Waals surface area contributed by atoms with Gasteiger partial charge in [-0.05, 0) is 58.4 Å². The lowest BCUT2D eigenvalue weighted by Gasteiger charge is -2.36. The largest absolute Gasteiger partial charge is 0.484 e. The molecule has 1 atom stereocenters. The van der Waals surface area contributed by atoms with Crippen molar-refractivity contribution in [1.82, 2.24) is 9.88 Å². The van der Waals surface area contributed by atoms with Crippen LogP contribution in [-0.2, 0) is 9.53 Å². The second-order valence-electron chi connectivity index (χ2n) is 7.78. The Hall–Kier alpha value is -2.83. The van der Waals surface area contributed by atoms with Crippen molar-refractivity contribution in [3.8, 4) is 11.5 Å². The summed E-state index contributed by atoms with van der Waals surface area (Å²) in [7, 11) is 0. The molecule has 0 aliphatic carbocycles. The molecule has 1 aliphatic heterocycles. The van der Waals surface area contributed by atoms with E-state index >= 15 is 0 Å². The molecular weight excluding hydrogens is 360 g/mol. The van der Waals surface area contributed by atoms with Crippen LogP contribution in [0.5, 0.6) is 11.5 Å². The van der Waals surface area contributed by atoms with Gasteiger partial charge in [-0.3, -0.25) is 9.88 Å². The van der Waals surface area contributed by atoms with Gasteiger partial charge in [0.05, 0.1) is 5.52 Å². The van der Waals surface area contributed by atoms with Crippen molar-refractivity contribution in [3.63, 3.8) is 0 Å². The van der Waals surface area contributed by atoms with E-state index in [1.165, 1.54) is 4.90 Å². The van der Waals surface area contributed by atoms with Gasteiger partial charge in [0.2, 0.25) is 6.23 Å². The number of hydrogen-bond acceptors (Lipinski definition) is 6. The SMILES string of the molecule is Cc1ccc2c3c(ccc2n1)OCC(N(CCCC=O)C(=O)OC(C)(C)C)O3. The second kappa shape index (κ2) is 8.04. The lowest BCUT2D eigenvalue weighted by Crippen LogP contribution is -2.50. The molecule has 7 nitrogen and oxygen atoms in total. The Kier molecular flexibility index (Phi) is 5.72. The summed E-state index contributed by atoms with van der Waals surface area (Å²) in [5.74, 6) is 1.18. The van der Waals surface area contributed by atoms with Gasteiger partial charge in [0, 0.05) is 24.0 Å². The normalized spacial score (nSPS) is 15.9. The molecule has 0 N–H and O–H groups in total. The van der Waals surface area contributed by atoms with E-state index in [4.69, 9.17) is 14.2 Å². The van der Waals surface area contributed by atoms with E-state index in [0.717, 1.165) is 22.9 Å². The number of pyridine rings is 1. The van der Waals surface area contributed by atoms with E-state index in [0.29, 0.717) is 30.9 Å². The van der Waals surface area contributed by atoms with E-state index in [9.17, 15) is 9.59 Å². The van der Waals surface area contributed by atoms with Crippen molar-refractivity contribution >= 4 is 23.3 Å². The predicted molar refractivity (Wildman–Crippen MR) is 105 cm³/mol. The van der Waals surface area contributed by atoms with Gasteiger partial charge in [-0.2, -0.15) is 0 Å². The average molecular weight is 386 g/mol.